The maximum absolute atomic E-state index is 11.5. The molecular formula is C10H8Cl2N2O. The Balaban J connectivity index is 2.72. The summed E-state index contributed by atoms with van der Waals surface area (Å²) in [4.78, 5) is 15.2. The minimum absolute atomic E-state index is 0.182. The van der Waals surface area contributed by atoms with Crippen LogP contribution in [0.2, 0.25) is 10.2 Å². The van der Waals surface area contributed by atoms with E-state index in [2.05, 4.69) is 22.1 Å². The quantitative estimate of drug-likeness (QED) is 0.638. The van der Waals surface area contributed by atoms with Crippen molar-refractivity contribution >= 4 is 29.1 Å². The molecule has 0 saturated carbocycles. The van der Waals surface area contributed by atoms with Gasteiger partial charge in [0.15, 0.2) is 0 Å². The molecule has 0 saturated heterocycles. The molecule has 0 aliphatic rings. The van der Waals surface area contributed by atoms with Crippen molar-refractivity contribution in [3.05, 3.63) is 28.0 Å². The predicted molar refractivity (Wildman–Crippen MR) is 60.0 cm³/mol. The molecule has 0 radical (unpaired) electrons. The number of amides is 1. The normalized spacial score (nSPS) is 9.00. The Bertz CT molecular complexity index is 435. The van der Waals surface area contributed by atoms with E-state index < -0.39 is 0 Å². The topological polar surface area (TPSA) is 42.0 Å². The number of carbonyl (C=O) groups is 1. The summed E-state index contributed by atoms with van der Waals surface area (Å²) in [6, 6.07) is 1.46. The second-order valence-electron chi connectivity index (χ2n) is 2.61. The Labute approximate surface area is 97.8 Å². The van der Waals surface area contributed by atoms with E-state index in [4.69, 9.17) is 23.2 Å². The molecule has 0 aliphatic heterocycles. The van der Waals surface area contributed by atoms with E-state index in [0.29, 0.717) is 12.1 Å². The zero-order chi connectivity index (χ0) is 11.3. The SMILES string of the molecule is CC#CCNC(=O)c1cnc(Cl)c(Cl)c1. The number of hydrogen-bond acceptors (Lipinski definition) is 2. The number of aromatic nitrogens is 1. The summed E-state index contributed by atoms with van der Waals surface area (Å²) in [5, 5.41) is 3.03. The number of pyridine rings is 1. The second kappa shape index (κ2) is 5.59. The molecule has 0 unspecified atom stereocenters. The summed E-state index contributed by atoms with van der Waals surface area (Å²) in [6.45, 7) is 2.00. The fraction of sp³-hybridized carbons (Fsp3) is 0.200. The lowest BCUT2D eigenvalue weighted by Gasteiger charge is -2.01. The third-order valence-corrected chi connectivity index (χ3v) is 2.26. The van der Waals surface area contributed by atoms with Crippen molar-refractivity contribution in [3.63, 3.8) is 0 Å². The summed E-state index contributed by atoms with van der Waals surface area (Å²) in [5.74, 6) is 5.11. The lowest BCUT2D eigenvalue weighted by molar-refractivity contribution is 0.0958. The molecule has 1 N–H and O–H groups in total. The first kappa shape index (κ1) is 11.8. The van der Waals surface area contributed by atoms with Crippen LogP contribution in [0.15, 0.2) is 12.3 Å². The van der Waals surface area contributed by atoms with Crippen molar-refractivity contribution < 1.29 is 4.79 Å². The zero-order valence-electron chi connectivity index (χ0n) is 7.97. The molecule has 1 heterocycles. The third-order valence-electron chi connectivity index (χ3n) is 1.57. The Morgan fingerprint density at radius 2 is 2.33 bits per heavy atom. The van der Waals surface area contributed by atoms with Gasteiger partial charge in [-0.3, -0.25) is 4.79 Å². The van der Waals surface area contributed by atoms with Gasteiger partial charge in [-0.2, -0.15) is 0 Å². The number of halogens is 2. The Morgan fingerprint density at radius 1 is 1.60 bits per heavy atom. The second-order valence-corrected chi connectivity index (χ2v) is 3.37. The average molecular weight is 243 g/mol. The van der Waals surface area contributed by atoms with Gasteiger partial charge in [0.2, 0.25) is 0 Å². The van der Waals surface area contributed by atoms with Gasteiger partial charge >= 0.3 is 0 Å². The van der Waals surface area contributed by atoms with Gasteiger partial charge in [0.1, 0.15) is 5.15 Å². The van der Waals surface area contributed by atoms with Crippen LogP contribution >= 0.6 is 23.2 Å². The third kappa shape index (κ3) is 3.43. The van der Waals surface area contributed by atoms with Crippen LogP contribution in [0.3, 0.4) is 0 Å². The minimum Gasteiger partial charge on any atom is -0.341 e. The predicted octanol–water partition coefficient (Wildman–Crippen LogP) is 2.14. The van der Waals surface area contributed by atoms with Gasteiger partial charge in [-0.1, -0.05) is 29.1 Å². The lowest BCUT2D eigenvalue weighted by atomic mass is 10.3. The standard InChI is InChI=1S/C10H8Cl2N2O/c1-2-3-4-13-10(15)7-5-8(11)9(12)14-6-7/h5-6H,4H2,1H3,(H,13,15). The highest BCUT2D eigenvalue weighted by atomic mass is 35.5. The summed E-state index contributed by atoms with van der Waals surface area (Å²) >= 11 is 11.3. The molecule has 0 bridgehead atoms. The lowest BCUT2D eigenvalue weighted by Crippen LogP contribution is -2.23. The van der Waals surface area contributed by atoms with Crippen molar-refractivity contribution in [1.29, 1.82) is 0 Å². The molecule has 0 aliphatic carbocycles. The minimum atomic E-state index is -0.274. The van der Waals surface area contributed by atoms with E-state index in [1.165, 1.54) is 12.3 Å². The van der Waals surface area contributed by atoms with Gasteiger partial charge in [-0.05, 0) is 13.0 Å². The summed E-state index contributed by atoms with van der Waals surface area (Å²) in [7, 11) is 0. The number of nitrogens with zero attached hydrogens (tertiary/aromatic N) is 1. The molecular weight excluding hydrogens is 235 g/mol. The van der Waals surface area contributed by atoms with Gasteiger partial charge in [-0.25, -0.2) is 4.98 Å². The Kier molecular flexibility index (Phi) is 4.41. The highest BCUT2D eigenvalue weighted by molar-refractivity contribution is 6.41. The first-order chi connectivity index (χ1) is 7.15. The molecule has 78 valence electrons. The summed E-state index contributed by atoms with van der Waals surface area (Å²) in [5.41, 5.74) is 0.363. The largest absolute Gasteiger partial charge is 0.341 e. The van der Waals surface area contributed by atoms with E-state index in [0.717, 1.165) is 0 Å². The molecule has 0 spiro atoms. The van der Waals surface area contributed by atoms with Crippen LogP contribution < -0.4 is 5.32 Å². The molecule has 1 aromatic rings. The molecule has 15 heavy (non-hydrogen) atoms. The van der Waals surface area contributed by atoms with Crippen LogP contribution in [0, 0.1) is 11.8 Å². The number of rotatable bonds is 2. The van der Waals surface area contributed by atoms with E-state index in [9.17, 15) is 4.79 Å². The van der Waals surface area contributed by atoms with E-state index in [1.54, 1.807) is 6.92 Å². The van der Waals surface area contributed by atoms with Crippen LogP contribution in [0.1, 0.15) is 17.3 Å². The molecule has 5 heteroatoms. The molecule has 0 fully saturated rings. The van der Waals surface area contributed by atoms with Gasteiger partial charge in [0, 0.05) is 6.20 Å². The van der Waals surface area contributed by atoms with Crippen molar-refractivity contribution in [2.24, 2.45) is 0 Å². The maximum atomic E-state index is 11.5. The van der Waals surface area contributed by atoms with Gasteiger partial charge in [-0.15, -0.1) is 5.92 Å². The summed E-state index contributed by atoms with van der Waals surface area (Å²) in [6.07, 6.45) is 1.36. The average Bonchev–Trinajstić information content (AvgIpc) is 2.22. The highest BCUT2D eigenvalue weighted by Gasteiger charge is 2.07. The first-order valence-electron chi connectivity index (χ1n) is 4.14. The molecule has 3 nitrogen and oxygen atoms in total. The smallest absolute Gasteiger partial charge is 0.253 e. The molecule has 1 aromatic heterocycles. The Morgan fingerprint density at radius 3 is 2.93 bits per heavy atom. The fourth-order valence-corrected chi connectivity index (χ4v) is 1.13. The summed E-state index contributed by atoms with van der Waals surface area (Å²) < 4.78 is 0. The van der Waals surface area contributed by atoms with Crippen molar-refractivity contribution in [3.8, 4) is 11.8 Å². The van der Waals surface area contributed by atoms with E-state index in [1.807, 2.05) is 0 Å². The number of carbonyl (C=O) groups excluding carboxylic acids is 1. The van der Waals surface area contributed by atoms with Crippen molar-refractivity contribution in [2.75, 3.05) is 6.54 Å². The van der Waals surface area contributed by atoms with Crippen molar-refractivity contribution in [2.45, 2.75) is 6.92 Å². The highest BCUT2D eigenvalue weighted by Crippen LogP contribution is 2.19. The monoisotopic (exact) mass is 242 g/mol. The Hall–Kier alpha value is -1.24. The van der Waals surface area contributed by atoms with Crippen molar-refractivity contribution in [1.82, 2.24) is 10.3 Å². The van der Waals surface area contributed by atoms with Gasteiger partial charge in [0.05, 0.1) is 17.1 Å². The van der Waals surface area contributed by atoms with Crippen LogP contribution in [0.4, 0.5) is 0 Å². The van der Waals surface area contributed by atoms with Gasteiger partial charge < -0.3 is 5.32 Å². The van der Waals surface area contributed by atoms with Gasteiger partial charge in [0.25, 0.3) is 5.91 Å². The number of nitrogens with one attached hydrogen (secondary N) is 1. The van der Waals surface area contributed by atoms with E-state index >= 15 is 0 Å². The molecule has 0 atom stereocenters. The first-order valence-corrected chi connectivity index (χ1v) is 4.89. The molecule has 1 amide bonds. The van der Waals surface area contributed by atoms with Crippen LogP contribution in [-0.2, 0) is 0 Å². The molecule has 1 rings (SSSR count). The van der Waals surface area contributed by atoms with Crippen LogP contribution in [0.25, 0.3) is 0 Å². The van der Waals surface area contributed by atoms with E-state index in [-0.39, 0.29) is 16.1 Å². The van der Waals surface area contributed by atoms with Crippen LogP contribution in [0.5, 0.6) is 0 Å². The number of hydrogen-bond donors (Lipinski definition) is 1. The van der Waals surface area contributed by atoms with Crippen LogP contribution in [-0.4, -0.2) is 17.4 Å². The fourth-order valence-electron chi connectivity index (χ4n) is 0.860. The molecule has 0 aromatic carbocycles. The zero-order valence-corrected chi connectivity index (χ0v) is 9.49. The maximum Gasteiger partial charge on any atom is 0.253 e.